The van der Waals surface area contributed by atoms with E-state index in [1.807, 2.05) is 0 Å². The Hall–Kier alpha value is -9.50. The van der Waals surface area contributed by atoms with Gasteiger partial charge < -0.3 is 9.47 Å². The Kier molecular flexibility index (Phi) is 10.1. The van der Waals surface area contributed by atoms with Crippen LogP contribution in [-0.2, 0) is 5.41 Å². The maximum Gasteiger partial charge on any atom is 0.0734 e. The fourth-order valence-electron chi connectivity index (χ4n) is 12.1. The monoisotopic (exact) mass is 928 g/mol. The van der Waals surface area contributed by atoms with E-state index in [4.69, 9.17) is 0 Å². The number of hydrogen-bond acceptors (Lipinski definition) is 1. The fraction of sp³-hybridized carbons (Fsp3) is 0.0141. The summed E-state index contributed by atoms with van der Waals surface area (Å²) in [6.45, 7) is 0. The van der Waals surface area contributed by atoms with Gasteiger partial charge >= 0.3 is 0 Å². The minimum atomic E-state index is -0.554. The Balaban J connectivity index is 0.913. The number of para-hydroxylation sites is 2. The van der Waals surface area contributed by atoms with Crippen LogP contribution < -0.4 is 4.90 Å². The zero-order valence-corrected chi connectivity index (χ0v) is 40.1. The van der Waals surface area contributed by atoms with Crippen LogP contribution in [0.3, 0.4) is 0 Å². The van der Waals surface area contributed by atoms with E-state index < -0.39 is 5.41 Å². The second-order valence-corrected chi connectivity index (χ2v) is 19.2. The summed E-state index contributed by atoms with van der Waals surface area (Å²) < 4.78 is 2.54. The first kappa shape index (κ1) is 42.4. The lowest BCUT2D eigenvalue weighted by Gasteiger charge is -2.35. The summed E-state index contributed by atoms with van der Waals surface area (Å²) in [5.74, 6) is 0. The molecule has 0 saturated carbocycles. The van der Waals surface area contributed by atoms with Crippen LogP contribution in [0.5, 0.6) is 0 Å². The molecule has 0 radical (unpaired) electrons. The molecule has 0 amide bonds. The maximum absolute atomic E-state index is 2.54. The summed E-state index contributed by atoms with van der Waals surface area (Å²) in [6.07, 6.45) is 0. The standard InChI is InChI=1S/C71H48N2/c1-4-20-49(21-5-1)50-42-45-57(46-43-50)72(66-36-18-23-52-22-10-11-28-58(52)66)65-34-16-13-29-59(65)53-40-38-51(39-41-53)54-44-47-62-61-31-14-17-35-67(61)73(69(62)48-54)68-37-19-32-63-60-30-12-15-33-64(60)71(70(63)68,55-24-6-2-7-25-55)56-26-8-3-9-27-56/h1-48H. The van der Waals surface area contributed by atoms with Gasteiger partial charge in [0.05, 0.1) is 33.5 Å². The summed E-state index contributed by atoms with van der Waals surface area (Å²) in [5.41, 5.74) is 21.0. The number of rotatable bonds is 9. The van der Waals surface area contributed by atoms with E-state index >= 15 is 0 Å². The molecule has 0 aliphatic heterocycles. The van der Waals surface area contributed by atoms with E-state index in [0.29, 0.717) is 0 Å². The Bertz CT molecular complexity index is 4130. The number of nitrogens with zero attached hydrogens (tertiary/aromatic N) is 2. The highest BCUT2D eigenvalue weighted by atomic mass is 15.1. The van der Waals surface area contributed by atoms with Crippen molar-refractivity contribution in [2.45, 2.75) is 5.41 Å². The molecule has 0 saturated heterocycles. The van der Waals surface area contributed by atoms with Crippen molar-refractivity contribution in [3.63, 3.8) is 0 Å². The molecule has 0 fully saturated rings. The molecule has 2 heteroatoms. The maximum atomic E-state index is 2.54. The molecule has 0 bridgehead atoms. The molecule has 1 heterocycles. The normalized spacial score (nSPS) is 12.5. The van der Waals surface area contributed by atoms with Crippen molar-refractivity contribution >= 4 is 49.6 Å². The van der Waals surface area contributed by atoms with E-state index in [1.165, 1.54) is 88.3 Å². The first-order chi connectivity index (χ1) is 36.2. The third-order valence-electron chi connectivity index (χ3n) is 15.3. The van der Waals surface area contributed by atoms with E-state index in [-0.39, 0.29) is 0 Å². The zero-order valence-electron chi connectivity index (χ0n) is 40.1. The van der Waals surface area contributed by atoms with Crippen molar-refractivity contribution in [2.75, 3.05) is 4.90 Å². The van der Waals surface area contributed by atoms with Crippen LogP contribution in [0.15, 0.2) is 291 Å². The van der Waals surface area contributed by atoms with Crippen LogP contribution in [0.2, 0.25) is 0 Å². The molecule has 0 spiro atoms. The van der Waals surface area contributed by atoms with Crippen LogP contribution >= 0.6 is 0 Å². The van der Waals surface area contributed by atoms with Gasteiger partial charge in [0, 0.05) is 33.0 Å². The number of hydrogen-bond donors (Lipinski definition) is 0. The first-order valence-electron chi connectivity index (χ1n) is 25.3. The summed E-state index contributed by atoms with van der Waals surface area (Å²) >= 11 is 0. The minimum Gasteiger partial charge on any atom is -0.309 e. The third-order valence-corrected chi connectivity index (χ3v) is 15.3. The Morgan fingerprint density at radius 3 is 1.58 bits per heavy atom. The van der Waals surface area contributed by atoms with Gasteiger partial charge in [0.15, 0.2) is 0 Å². The summed E-state index contributed by atoms with van der Waals surface area (Å²) in [4.78, 5) is 2.43. The highest BCUT2D eigenvalue weighted by Crippen LogP contribution is 2.58. The molecular formula is C71H48N2. The van der Waals surface area contributed by atoms with E-state index in [2.05, 4.69) is 301 Å². The molecule has 2 nitrogen and oxygen atoms in total. The summed E-state index contributed by atoms with van der Waals surface area (Å²) in [6, 6.07) is 107. The second kappa shape index (κ2) is 17.4. The number of anilines is 3. The van der Waals surface area contributed by atoms with Gasteiger partial charge in [0.1, 0.15) is 0 Å². The molecule has 342 valence electrons. The first-order valence-corrected chi connectivity index (χ1v) is 25.3. The quantitative estimate of drug-likeness (QED) is 0.140. The molecule has 0 unspecified atom stereocenters. The Morgan fingerprint density at radius 1 is 0.301 bits per heavy atom. The van der Waals surface area contributed by atoms with Gasteiger partial charge in [0.25, 0.3) is 0 Å². The van der Waals surface area contributed by atoms with Crippen LogP contribution in [0, 0.1) is 0 Å². The number of aromatic nitrogens is 1. The Morgan fingerprint density at radius 2 is 0.808 bits per heavy atom. The average molecular weight is 929 g/mol. The van der Waals surface area contributed by atoms with Gasteiger partial charge in [-0.05, 0) is 103 Å². The van der Waals surface area contributed by atoms with Gasteiger partial charge in [-0.2, -0.15) is 0 Å². The van der Waals surface area contributed by atoms with E-state index in [1.54, 1.807) is 0 Å². The van der Waals surface area contributed by atoms with Gasteiger partial charge in [-0.1, -0.05) is 249 Å². The summed E-state index contributed by atoms with van der Waals surface area (Å²) in [7, 11) is 0. The van der Waals surface area contributed by atoms with E-state index in [0.717, 1.165) is 33.8 Å². The third kappa shape index (κ3) is 6.79. The Labute approximate surface area is 426 Å². The van der Waals surface area contributed by atoms with Crippen molar-refractivity contribution in [3.8, 4) is 50.2 Å². The molecule has 1 aromatic heterocycles. The molecule has 73 heavy (non-hydrogen) atoms. The van der Waals surface area contributed by atoms with Crippen molar-refractivity contribution in [1.82, 2.24) is 4.57 Å². The van der Waals surface area contributed by atoms with Crippen molar-refractivity contribution < 1.29 is 0 Å². The minimum absolute atomic E-state index is 0.554. The van der Waals surface area contributed by atoms with Crippen LogP contribution in [0.4, 0.5) is 17.1 Å². The second-order valence-electron chi connectivity index (χ2n) is 19.2. The van der Waals surface area contributed by atoms with E-state index in [9.17, 15) is 0 Å². The van der Waals surface area contributed by atoms with Gasteiger partial charge in [-0.3, -0.25) is 0 Å². The average Bonchev–Trinajstić information content (AvgIpc) is 3.97. The van der Waals surface area contributed by atoms with Crippen molar-refractivity contribution in [3.05, 3.63) is 313 Å². The largest absolute Gasteiger partial charge is 0.309 e. The fourth-order valence-corrected chi connectivity index (χ4v) is 12.1. The smallest absolute Gasteiger partial charge is 0.0734 e. The van der Waals surface area contributed by atoms with Crippen molar-refractivity contribution in [1.29, 1.82) is 0 Å². The van der Waals surface area contributed by atoms with Crippen LogP contribution in [-0.4, -0.2) is 4.57 Å². The molecule has 0 N–H and O–H groups in total. The molecule has 12 aromatic carbocycles. The summed E-state index contributed by atoms with van der Waals surface area (Å²) in [5, 5.41) is 4.87. The topological polar surface area (TPSA) is 8.17 Å². The molecule has 0 atom stereocenters. The van der Waals surface area contributed by atoms with Crippen molar-refractivity contribution in [2.24, 2.45) is 0 Å². The lowest BCUT2D eigenvalue weighted by Crippen LogP contribution is -2.29. The molecule has 1 aliphatic carbocycles. The SMILES string of the molecule is c1ccc(-c2ccc(N(c3ccccc3-c3ccc(-c4ccc5c6ccccc6n(-c6cccc7c6C(c6ccccc6)(c6ccccc6)c6ccccc6-7)c5c4)cc3)c3cccc4ccccc34)cc2)cc1. The predicted molar refractivity (Wildman–Crippen MR) is 307 cm³/mol. The number of benzene rings is 12. The van der Waals surface area contributed by atoms with Gasteiger partial charge in [-0.25, -0.2) is 0 Å². The van der Waals surface area contributed by atoms with Crippen LogP contribution in [0.1, 0.15) is 22.3 Å². The number of fused-ring (bicyclic) bond motifs is 7. The molecule has 1 aliphatic rings. The lowest BCUT2D eigenvalue weighted by molar-refractivity contribution is 0.762. The zero-order chi connectivity index (χ0) is 48.3. The predicted octanol–water partition coefficient (Wildman–Crippen LogP) is 18.8. The van der Waals surface area contributed by atoms with Crippen LogP contribution in [0.25, 0.3) is 82.8 Å². The molecular weight excluding hydrogens is 881 g/mol. The molecule has 13 aromatic rings. The highest BCUT2D eigenvalue weighted by Gasteiger charge is 2.48. The lowest BCUT2D eigenvalue weighted by atomic mass is 9.67. The van der Waals surface area contributed by atoms with Gasteiger partial charge in [-0.15, -0.1) is 0 Å². The van der Waals surface area contributed by atoms with Gasteiger partial charge in [0.2, 0.25) is 0 Å². The highest BCUT2D eigenvalue weighted by molar-refractivity contribution is 6.11. The molecule has 14 rings (SSSR count).